The van der Waals surface area contributed by atoms with Crippen molar-refractivity contribution in [2.24, 2.45) is 7.05 Å². The molecule has 0 saturated carbocycles. The van der Waals surface area contributed by atoms with Gasteiger partial charge in [-0.3, -0.25) is 4.68 Å². The van der Waals surface area contributed by atoms with Gasteiger partial charge in [-0.15, -0.1) is 0 Å². The first-order valence-corrected chi connectivity index (χ1v) is 6.92. The molecule has 0 radical (unpaired) electrons. The SMILES string of the molecule is CCCc1nn(C)c(Sc2ncccc2Cl)c1N. The third-order valence-electron chi connectivity index (χ3n) is 2.51. The second-order valence-corrected chi connectivity index (χ2v) is 5.32. The molecular weight excluding hydrogens is 268 g/mol. The highest BCUT2D eigenvalue weighted by Gasteiger charge is 2.15. The Morgan fingerprint density at radius 1 is 1.50 bits per heavy atom. The molecule has 96 valence electrons. The fourth-order valence-electron chi connectivity index (χ4n) is 1.66. The van der Waals surface area contributed by atoms with Crippen molar-refractivity contribution >= 4 is 29.1 Å². The van der Waals surface area contributed by atoms with Gasteiger partial charge in [0.05, 0.1) is 16.4 Å². The van der Waals surface area contributed by atoms with Crippen LogP contribution >= 0.6 is 23.4 Å². The molecule has 0 unspecified atom stereocenters. The summed E-state index contributed by atoms with van der Waals surface area (Å²) in [6.45, 7) is 2.11. The maximum absolute atomic E-state index is 6.11. The van der Waals surface area contributed by atoms with Gasteiger partial charge in [0.15, 0.2) is 0 Å². The number of halogens is 1. The van der Waals surface area contributed by atoms with Crippen LogP contribution in [-0.2, 0) is 13.5 Å². The van der Waals surface area contributed by atoms with Crippen LogP contribution in [0.2, 0.25) is 5.02 Å². The Balaban J connectivity index is 2.32. The van der Waals surface area contributed by atoms with E-state index in [1.54, 1.807) is 10.9 Å². The molecule has 18 heavy (non-hydrogen) atoms. The summed E-state index contributed by atoms with van der Waals surface area (Å²) in [7, 11) is 1.88. The summed E-state index contributed by atoms with van der Waals surface area (Å²) < 4.78 is 1.79. The maximum Gasteiger partial charge on any atom is 0.123 e. The van der Waals surface area contributed by atoms with E-state index in [1.807, 2.05) is 19.2 Å². The molecule has 0 saturated heterocycles. The normalized spacial score (nSPS) is 10.8. The summed E-state index contributed by atoms with van der Waals surface area (Å²) in [6.07, 6.45) is 3.62. The standard InChI is InChI=1S/C12H15ClN4S/c1-3-5-9-10(14)12(17(2)16-9)18-11-8(13)6-4-7-15-11/h4,6-7H,3,5,14H2,1-2H3. The monoisotopic (exact) mass is 282 g/mol. The summed E-state index contributed by atoms with van der Waals surface area (Å²) in [4.78, 5) is 4.25. The Kier molecular flexibility index (Phi) is 4.14. The van der Waals surface area contributed by atoms with E-state index in [1.165, 1.54) is 11.8 Å². The van der Waals surface area contributed by atoms with Gasteiger partial charge in [0.1, 0.15) is 10.1 Å². The molecule has 2 heterocycles. The number of rotatable bonds is 4. The van der Waals surface area contributed by atoms with E-state index in [4.69, 9.17) is 17.3 Å². The number of anilines is 1. The summed E-state index contributed by atoms with van der Waals surface area (Å²) in [5, 5.41) is 6.69. The Morgan fingerprint density at radius 2 is 2.28 bits per heavy atom. The Hall–Kier alpha value is -1.20. The average Bonchev–Trinajstić information content (AvgIpc) is 2.60. The molecule has 0 aliphatic rings. The highest BCUT2D eigenvalue weighted by molar-refractivity contribution is 7.99. The van der Waals surface area contributed by atoms with E-state index < -0.39 is 0 Å². The number of nitrogens with two attached hydrogens (primary N) is 1. The summed E-state index contributed by atoms with van der Waals surface area (Å²) in [6, 6.07) is 3.62. The quantitative estimate of drug-likeness (QED) is 0.936. The zero-order valence-corrected chi connectivity index (χ0v) is 11.9. The topological polar surface area (TPSA) is 56.7 Å². The number of aromatic nitrogens is 3. The number of hydrogen-bond donors (Lipinski definition) is 1. The number of nitrogens with zero attached hydrogens (tertiary/aromatic N) is 3. The molecule has 4 nitrogen and oxygen atoms in total. The lowest BCUT2D eigenvalue weighted by Gasteiger charge is -2.04. The second-order valence-electron chi connectivity index (χ2n) is 3.93. The van der Waals surface area contributed by atoms with Gasteiger partial charge in [0, 0.05) is 13.2 Å². The molecular formula is C12H15ClN4S. The minimum absolute atomic E-state index is 0.625. The maximum atomic E-state index is 6.11. The minimum atomic E-state index is 0.625. The predicted octanol–water partition coefficient (Wildman–Crippen LogP) is 3.15. The molecule has 2 N–H and O–H groups in total. The van der Waals surface area contributed by atoms with Gasteiger partial charge in [-0.2, -0.15) is 5.10 Å². The summed E-state index contributed by atoms with van der Waals surface area (Å²) in [5.41, 5.74) is 7.78. The largest absolute Gasteiger partial charge is 0.395 e. The Labute approximate surface area is 116 Å². The van der Waals surface area contributed by atoms with Gasteiger partial charge >= 0.3 is 0 Å². The molecule has 2 aromatic rings. The van der Waals surface area contributed by atoms with Crippen LogP contribution in [0.4, 0.5) is 5.69 Å². The number of hydrogen-bond acceptors (Lipinski definition) is 4. The molecule has 0 aliphatic carbocycles. The van der Waals surface area contributed by atoms with E-state index in [9.17, 15) is 0 Å². The molecule has 6 heteroatoms. The van der Waals surface area contributed by atoms with E-state index in [0.717, 1.165) is 34.3 Å². The minimum Gasteiger partial charge on any atom is -0.395 e. The van der Waals surface area contributed by atoms with Crippen molar-refractivity contribution in [3.63, 3.8) is 0 Å². The van der Waals surface area contributed by atoms with Gasteiger partial charge in [-0.25, -0.2) is 4.98 Å². The first-order valence-electron chi connectivity index (χ1n) is 5.73. The lowest BCUT2D eigenvalue weighted by atomic mass is 10.2. The van der Waals surface area contributed by atoms with Crippen LogP contribution in [-0.4, -0.2) is 14.8 Å². The molecule has 0 atom stereocenters. The highest BCUT2D eigenvalue weighted by Crippen LogP contribution is 2.35. The van der Waals surface area contributed by atoms with E-state index in [-0.39, 0.29) is 0 Å². The van der Waals surface area contributed by atoms with Gasteiger partial charge < -0.3 is 5.73 Å². The molecule has 0 aliphatic heterocycles. The van der Waals surface area contributed by atoms with Gasteiger partial charge in [0.2, 0.25) is 0 Å². The van der Waals surface area contributed by atoms with Crippen molar-refractivity contribution in [2.75, 3.05) is 5.73 Å². The first-order chi connectivity index (χ1) is 8.63. The summed E-state index contributed by atoms with van der Waals surface area (Å²) in [5.74, 6) is 0. The van der Waals surface area contributed by atoms with Gasteiger partial charge in [0.25, 0.3) is 0 Å². The predicted molar refractivity (Wildman–Crippen MR) is 75.0 cm³/mol. The number of pyridine rings is 1. The van der Waals surface area contributed by atoms with Crippen molar-refractivity contribution < 1.29 is 0 Å². The molecule has 0 aromatic carbocycles. The van der Waals surface area contributed by atoms with Crippen LogP contribution in [0.1, 0.15) is 19.0 Å². The number of aryl methyl sites for hydroxylation is 2. The third-order valence-corrected chi connectivity index (χ3v) is 4.12. The van der Waals surface area contributed by atoms with Crippen molar-refractivity contribution in [1.82, 2.24) is 14.8 Å². The van der Waals surface area contributed by atoms with Crippen molar-refractivity contribution in [3.05, 3.63) is 29.0 Å². The van der Waals surface area contributed by atoms with Crippen LogP contribution < -0.4 is 5.73 Å². The van der Waals surface area contributed by atoms with Crippen molar-refractivity contribution in [2.45, 2.75) is 29.8 Å². The Bertz CT molecular complexity index is 553. The fourth-order valence-corrected chi connectivity index (χ4v) is 2.76. The zero-order chi connectivity index (χ0) is 13.1. The van der Waals surface area contributed by atoms with Crippen LogP contribution in [0.5, 0.6) is 0 Å². The molecule has 2 rings (SSSR count). The fraction of sp³-hybridized carbons (Fsp3) is 0.333. The van der Waals surface area contributed by atoms with E-state index in [0.29, 0.717) is 5.02 Å². The van der Waals surface area contributed by atoms with Crippen LogP contribution in [0.25, 0.3) is 0 Å². The van der Waals surface area contributed by atoms with E-state index >= 15 is 0 Å². The smallest absolute Gasteiger partial charge is 0.123 e. The lowest BCUT2D eigenvalue weighted by molar-refractivity contribution is 0.681. The second kappa shape index (κ2) is 5.63. The molecule has 0 amide bonds. The van der Waals surface area contributed by atoms with Crippen LogP contribution in [0, 0.1) is 0 Å². The number of nitrogen functional groups attached to an aromatic ring is 1. The Morgan fingerprint density at radius 3 is 2.94 bits per heavy atom. The lowest BCUT2D eigenvalue weighted by Crippen LogP contribution is -1.94. The molecule has 2 aromatic heterocycles. The van der Waals surface area contributed by atoms with Gasteiger partial charge in [-0.05, 0) is 30.3 Å². The van der Waals surface area contributed by atoms with Crippen LogP contribution in [0.15, 0.2) is 28.4 Å². The average molecular weight is 283 g/mol. The van der Waals surface area contributed by atoms with Crippen molar-refractivity contribution in [3.8, 4) is 0 Å². The van der Waals surface area contributed by atoms with Gasteiger partial charge in [-0.1, -0.05) is 24.9 Å². The third kappa shape index (κ3) is 2.62. The first kappa shape index (κ1) is 13.2. The van der Waals surface area contributed by atoms with E-state index in [2.05, 4.69) is 17.0 Å². The molecule has 0 bridgehead atoms. The summed E-state index contributed by atoms with van der Waals surface area (Å²) >= 11 is 7.54. The highest BCUT2D eigenvalue weighted by atomic mass is 35.5. The van der Waals surface area contributed by atoms with Crippen LogP contribution in [0.3, 0.4) is 0 Å². The molecule has 0 fully saturated rings. The van der Waals surface area contributed by atoms with Crippen molar-refractivity contribution in [1.29, 1.82) is 0 Å². The zero-order valence-electron chi connectivity index (χ0n) is 10.4. The molecule has 0 spiro atoms.